The summed E-state index contributed by atoms with van der Waals surface area (Å²) in [5.41, 5.74) is -4.55. The Morgan fingerprint density at radius 2 is 1.56 bits per heavy atom. The molecule has 0 radical (unpaired) electrons. The van der Waals surface area contributed by atoms with E-state index in [2.05, 4.69) is 10.3 Å². The minimum absolute atomic E-state index is 0.0469. The molecule has 0 unspecified atom stereocenters. The molecule has 12 heteroatoms. The van der Waals surface area contributed by atoms with E-state index >= 15 is 0 Å². The number of anilines is 1. The van der Waals surface area contributed by atoms with Crippen LogP contribution in [0, 0.1) is 6.92 Å². The molecule has 1 amide bonds. The summed E-state index contributed by atoms with van der Waals surface area (Å²) in [5, 5.41) is 4.26. The van der Waals surface area contributed by atoms with Crippen molar-refractivity contribution < 1.29 is 31.1 Å². The Bertz CT molecular complexity index is 1440. The van der Waals surface area contributed by atoms with Crippen molar-refractivity contribution in [2.45, 2.75) is 19.3 Å². The van der Waals surface area contributed by atoms with Gasteiger partial charge in [0.25, 0.3) is 11.5 Å². The van der Waals surface area contributed by atoms with Crippen molar-refractivity contribution in [3.05, 3.63) is 87.5 Å². The monoisotopic (exact) mass is 480 g/mol. The van der Waals surface area contributed by atoms with E-state index in [-0.39, 0.29) is 28.2 Å². The number of halogens is 6. The number of H-pyrrole nitrogens is 1. The van der Waals surface area contributed by atoms with Crippen LogP contribution in [0.25, 0.3) is 16.8 Å². The van der Waals surface area contributed by atoms with Gasteiger partial charge in [-0.05, 0) is 36.8 Å². The average Bonchev–Trinajstić information content (AvgIpc) is 3.14. The van der Waals surface area contributed by atoms with Gasteiger partial charge in [-0.1, -0.05) is 30.3 Å². The van der Waals surface area contributed by atoms with Crippen LogP contribution in [-0.4, -0.2) is 20.5 Å². The van der Waals surface area contributed by atoms with Crippen LogP contribution in [0.2, 0.25) is 0 Å². The average molecular weight is 480 g/mol. The van der Waals surface area contributed by atoms with Crippen LogP contribution in [0.3, 0.4) is 0 Å². The number of benzene rings is 2. The highest BCUT2D eigenvalue weighted by Crippen LogP contribution is 2.38. The first kappa shape index (κ1) is 23.1. The lowest BCUT2D eigenvalue weighted by Gasteiger charge is -2.10. The van der Waals surface area contributed by atoms with E-state index in [0.717, 1.165) is 24.3 Å². The molecule has 176 valence electrons. The van der Waals surface area contributed by atoms with Gasteiger partial charge in [0.15, 0.2) is 5.65 Å². The van der Waals surface area contributed by atoms with Crippen molar-refractivity contribution in [1.82, 2.24) is 14.6 Å². The van der Waals surface area contributed by atoms with E-state index in [1.165, 1.54) is 31.2 Å². The van der Waals surface area contributed by atoms with Crippen molar-refractivity contribution in [1.29, 1.82) is 0 Å². The summed E-state index contributed by atoms with van der Waals surface area (Å²) in [6, 6.07) is 11.0. The first-order valence-electron chi connectivity index (χ1n) is 9.64. The van der Waals surface area contributed by atoms with E-state index in [1.54, 1.807) is 6.07 Å². The highest BCUT2D eigenvalue weighted by Gasteiger charge is 2.38. The highest BCUT2D eigenvalue weighted by atomic mass is 19.4. The summed E-state index contributed by atoms with van der Waals surface area (Å²) >= 11 is 0. The van der Waals surface area contributed by atoms with Crippen LogP contribution in [0.4, 0.5) is 32.0 Å². The lowest BCUT2D eigenvalue weighted by atomic mass is 10.1. The Kier molecular flexibility index (Phi) is 5.46. The lowest BCUT2D eigenvalue weighted by molar-refractivity contribution is -0.141. The quantitative estimate of drug-likeness (QED) is 0.391. The first-order valence-corrected chi connectivity index (χ1v) is 9.64. The zero-order valence-electron chi connectivity index (χ0n) is 17.2. The second-order valence-corrected chi connectivity index (χ2v) is 7.29. The normalized spacial score (nSPS) is 12.2. The number of rotatable bonds is 3. The van der Waals surface area contributed by atoms with Crippen molar-refractivity contribution in [3.63, 3.8) is 0 Å². The number of aromatic amines is 1. The summed E-state index contributed by atoms with van der Waals surface area (Å²) < 4.78 is 79.9. The van der Waals surface area contributed by atoms with Gasteiger partial charge in [-0.15, -0.1) is 0 Å². The van der Waals surface area contributed by atoms with Crippen LogP contribution in [0.1, 0.15) is 27.3 Å². The number of hydrogen-bond donors (Lipinski definition) is 2. The van der Waals surface area contributed by atoms with E-state index < -0.39 is 40.6 Å². The first-order chi connectivity index (χ1) is 15.9. The van der Waals surface area contributed by atoms with Crippen LogP contribution in [-0.2, 0) is 12.4 Å². The number of fused-ring (bicyclic) bond motifs is 1. The topological polar surface area (TPSA) is 79.3 Å². The number of hydrogen-bond acceptors (Lipinski definition) is 3. The maximum Gasteiger partial charge on any atom is 0.433 e. The van der Waals surface area contributed by atoms with Gasteiger partial charge in [0.05, 0.1) is 16.8 Å². The summed E-state index contributed by atoms with van der Waals surface area (Å²) in [7, 11) is 0. The molecule has 0 aliphatic heterocycles. The SMILES string of the molecule is Cc1nc2c(-c3ccccc3)c(C(F)(F)F)[nH]n2c(=O)c1C(=O)Nc1ccc(C(F)(F)F)cc1. The second kappa shape index (κ2) is 8.04. The Hall–Kier alpha value is -4.09. The van der Waals surface area contributed by atoms with Gasteiger partial charge in [0.2, 0.25) is 0 Å². The maximum atomic E-state index is 13.7. The van der Waals surface area contributed by atoms with Gasteiger partial charge in [-0.25, -0.2) is 4.98 Å². The summed E-state index contributed by atoms with van der Waals surface area (Å²) in [5.74, 6) is -1.03. The van der Waals surface area contributed by atoms with E-state index in [9.17, 15) is 35.9 Å². The minimum atomic E-state index is -4.86. The van der Waals surface area contributed by atoms with Crippen molar-refractivity contribution in [3.8, 4) is 11.1 Å². The fourth-order valence-electron chi connectivity index (χ4n) is 3.46. The molecule has 0 aliphatic carbocycles. The largest absolute Gasteiger partial charge is 0.433 e. The zero-order valence-corrected chi connectivity index (χ0v) is 17.2. The fraction of sp³-hybridized carbons (Fsp3) is 0.136. The Labute approximate surface area is 186 Å². The van der Waals surface area contributed by atoms with Crippen molar-refractivity contribution in [2.75, 3.05) is 5.32 Å². The number of nitrogens with zero attached hydrogens (tertiary/aromatic N) is 2. The van der Waals surface area contributed by atoms with Crippen LogP contribution >= 0.6 is 0 Å². The molecule has 2 heterocycles. The molecule has 0 bridgehead atoms. The Morgan fingerprint density at radius 1 is 0.941 bits per heavy atom. The van der Waals surface area contributed by atoms with Gasteiger partial charge in [0.1, 0.15) is 11.3 Å². The zero-order chi connectivity index (χ0) is 24.8. The highest BCUT2D eigenvalue weighted by molar-refractivity contribution is 6.05. The van der Waals surface area contributed by atoms with Gasteiger partial charge in [-0.3, -0.25) is 14.7 Å². The smallest absolute Gasteiger partial charge is 0.322 e. The molecule has 0 saturated heterocycles. The molecule has 0 aliphatic rings. The molecule has 0 spiro atoms. The predicted octanol–water partition coefficient (Wildman–Crippen LogP) is 5.29. The van der Waals surface area contributed by atoms with E-state index in [0.29, 0.717) is 4.52 Å². The van der Waals surface area contributed by atoms with E-state index in [1.807, 2.05) is 5.10 Å². The van der Waals surface area contributed by atoms with Gasteiger partial charge >= 0.3 is 12.4 Å². The molecular formula is C22H14F6N4O2. The molecule has 6 nitrogen and oxygen atoms in total. The fourth-order valence-corrected chi connectivity index (χ4v) is 3.46. The number of nitrogens with one attached hydrogen (secondary N) is 2. The Balaban J connectivity index is 1.81. The van der Waals surface area contributed by atoms with Gasteiger partial charge in [0, 0.05) is 5.69 Å². The molecule has 4 rings (SSSR count). The molecule has 0 fully saturated rings. The number of carbonyl (C=O) groups excluding carboxylic acids is 1. The van der Waals surface area contributed by atoms with E-state index in [4.69, 9.17) is 0 Å². The van der Waals surface area contributed by atoms with Crippen LogP contribution < -0.4 is 10.9 Å². The van der Waals surface area contributed by atoms with Crippen LogP contribution in [0.15, 0.2) is 59.4 Å². The third-order valence-electron chi connectivity index (χ3n) is 5.00. The molecule has 4 aromatic rings. The molecule has 0 atom stereocenters. The van der Waals surface area contributed by atoms with Crippen LogP contribution in [0.5, 0.6) is 0 Å². The predicted molar refractivity (Wildman–Crippen MR) is 110 cm³/mol. The summed E-state index contributed by atoms with van der Waals surface area (Å²) in [6.07, 6.45) is -9.44. The third-order valence-corrected chi connectivity index (χ3v) is 5.00. The molecular weight excluding hydrogens is 466 g/mol. The number of aryl methyl sites for hydroxylation is 1. The summed E-state index contributed by atoms with van der Waals surface area (Å²) in [4.78, 5) is 29.8. The number of alkyl halides is 6. The van der Waals surface area contributed by atoms with Crippen molar-refractivity contribution in [2.24, 2.45) is 0 Å². The third kappa shape index (κ3) is 4.14. The molecule has 2 N–H and O–H groups in total. The van der Waals surface area contributed by atoms with Gasteiger partial charge in [-0.2, -0.15) is 30.9 Å². The van der Waals surface area contributed by atoms with Crippen molar-refractivity contribution >= 4 is 17.2 Å². The minimum Gasteiger partial charge on any atom is -0.322 e. The summed E-state index contributed by atoms with van der Waals surface area (Å²) in [6.45, 7) is 1.28. The number of amides is 1. The molecule has 2 aromatic carbocycles. The molecule has 0 saturated carbocycles. The number of carbonyl (C=O) groups is 1. The Morgan fingerprint density at radius 3 is 2.12 bits per heavy atom. The second-order valence-electron chi connectivity index (χ2n) is 7.29. The number of aromatic nitrogens is 3. The molecule has 34 heavy (non-hydrogen) atoms. The maximum absolute atomic E-state index is 13.7. The standard InChI is InChI=1S/C22H14F6N4O2/c1-11-15(19(33)30-14-9-7-13(8-10-14)21(23,24)25)20(34)32-18(29-11)16(12-5-3-2-4-6-12)17(31-32)22(26,27)28/h2-10,31H,1H3,(H,30,33). The molecule has 2 aromatic heterocycles. The lowest BCUT2D eigenvalue weighted by Crippen LogP contribution is -2.29. The van der Waals surface area contributed by atoms with Gasteiger partial charge < -0.3 is 5.32 Å².